The number of halogens is 2. The fraction of sp³-hybridized carbons (Fsp3) is 0.588. The molecular weight excluding hydrogens is 681 g/mol. The number of aromatic nitrogens is 4. The first-order chi connectivity index (χ1) is 24.1. The van der Waals surface area contributed by atoms with Crippen molar-refractivity contribution in [1.82, 2.24) is 29.5 Å². The van der Waals surface area contributed by atoms with Crippen LogP contribution in [0.1, 0.15) is 76.3 Å². The van der Waals surface area contributed by atoms with E-state index in [-0.39, 0.29) is 41.2 Å². The molecule has 2 atom stereocenters. The minimum Gasteiger partial charge on any atom is -0.461 e. The van der Waals surface area contributed by atoms with E-state index in [0.29, 0.717) is 74.0 Å². The number of nitriles is 2. The number of carbonyl (C=O) groups is 1. The van der Waals surface area contributed by atoms with Crippen LogP contribution in [-0.4, -0.2) is 101 Å². The van der Waals surface area contributed by atoms with Crippen LogP contribution in [0.5, 0.6) is 6.01 Å². The maximum atomic E-state index is 14.6. The molecule has 0 radical (unpaired) electrons. The molecule has 262 valence electrons. The molecule has 1 spiro atoms. The average Bonchev–Trinajstić information content (AvgIpc) is 3.75. The standard InChI is InChI=1S/C34H39ClFN11O2S/c1-43(2)31(48)27-26(35)23-16-44(9-5-11-47(23)42-27)29-22(14-38)30(41-32(40-29)49-19-34-8-4-10-46(34)15-20(36)12-34)45-17-33(18-45)7-3-6-24-25(33)21(13-37)28(39)50-24/h20H,3-12,15-19,39H2,1-2H3/p+1/t20-,34+/m1/s1. The maximum absolute atomic E-state index is 14.6. The van der Waals surface area contributed by atoms with Gasteiger partial charge in [-0.3, -0.25) is 14.4 Å². The summed E-state index contributed by atoms with van der Waals surface area (Å²) in [6, 6.07) is 4.97. The lowest BCUT2D eigenvalue weighted by atomic mass is 9.66. The third kappa shape index (κ3) is 5.20. The zero-order valence-electron chi connectivity index (χ0n) is 28.3. The van der Waals surface area contributed by atoms with E-state index >= 15 is 0 Å². The van der Waals surface area contributed by atoms with Crippen molar-refractivity contribution < 1.29 is 19.7 Å². The van der Waals surface area contributed by atoms with Crippen molar-refractivity contribution in [3.63, 3.8) is 0 Å². The van der Waals surface area contributed by atoms with Gasteiger partial charge in [-0.1, -0.05) is 22.9 Å². The molecule has 5 aliphatic rings. The Morgan fingerprint density at radius 3 is 2.60 bits per heavy atom. The van der Waals surface area contributed by atoms with Gasteiger partial charge < -0.3 is 25.2 Å². The Bertz CT molecular complexity index is 1960. The van der Waals surface area contributed by atoms with E-state index in [1.807, 2.05) is 4.90 Å². The van der Waals surface area contributed by atoms with Crippen LogP contribution < -0.4 is 20.3 Å². The predicted molar refractivity (Wildman–Crippen MR) is 185 cm³/mol. The molecule has 1 aliphatic carbocycles. The number of nitrogens with zero attached hydrogens (tertiary/aromatic N) is 10. The molecule has 3 saturated heterocycles. The van der Waals surface area contributed by atoms with E-state index in [1.165, 1.54) is 9.78 Å². The molecule has 7 heterocycles. The first-order valence-electron chi connectivity index (χ1n) is 17.3. The molecule has 0 unspecified atom stereocenters. The number of fused-ring (bicyclic) bond motifs is 4. The lowest BCUT2D eigenvalue weighted by molar-refractivity contribution is -0.249. The minimum absolute atomic E-state index is 0.142. The summed E-state index contributed by atoms with van der Waals surface area (Å²) in [6.45, 7) is 4.10. The van der Waals surface area contributed by atoms with E-state index in [0.717, 1.165) is 49.2 Å². The Kier molecular flexibility index (Phi) is 8.18. The van der Waals surface area contributed by atoms with Gasteiger partial charge in [0.05, 0.1) is 22.8 Å². The van der Waals surface area contributed by atoms with Crippen molar-refractivity contribution in [1.29, 1.82) is 10.5 Å². The molecule has 0 aromatic carbocycles. The molecule has 3 N–H and O–H groups in total. The number of thiophene rings is 1. The average molecular weight is 721 g/mol. The molecule has 3 aromatic heterocycles. The zero-order chi connectivity index (χ0) is 34.9. The summed E-state index contributed by atoms with van der Waals surface area (Å²) in [5.41, 5.74) is 6.54. The zero-order valence-corrected chi connectivity index (χ0v) is 29.9. The number of aryl methyl sites for hydroxylation is 2. The van der Waals surface area contributed by atoms with Gasteiger partial charge in [0.25, 0.3) is 5.91 Å². The second-order valence-electron chi connectivity index (χ2n) is 14.6. The number of carbonyl (C=O) groups excluding carboxylic acids is 1. The monoisotopic (exact) mass is 720 g/mol. The van der Waals surface area contributed by atoms with Crippen molar-refractivity contribution >= 4 is 45.5 Å². The molecular formula is C34H40ClFN11O2S+. The van der Waals surface area contributed by atoms with Gasteiger partial charge in [-0.2, -0.15) is 25.6 Å². The smallest absolute Gasteiger partial charge is 0.320 e. The summed E-state index contributed by atoms with van der Waals surface area (Å²) in [5.74, 6) is 0.626. The Morgan fingerprint density at radius 2 is 1.86 bits per heavy atom. The highest BCUT2D eigenvalue weighted by Crippen LogP contribution is 2.51. The number of anilines is 2. The summed E-state index contributed by atoms with van der Waals surface area (Å²) in [4.78, 5) is 31.6. The molecule has 0 saturated carbocycles. The van der Waals surface area contributed by atoms with E-state index in [4.69, 9.17) is 26.3 Å². The van der Waals surface area contributed by atoms with Gasteiger partial charge in [0.15, 0.2) is 17.3 Å². The molecule has 13 nitrogen and oxygen atoms in total. The highest BCUT2D eigenvalue weighted by atomic mass is 35.5. The van der Waals surface area contributed by atoms with Crippen LogP contribution in [0.2, 0.25) is 5.02 Å². The van der Waals surface area contributed by atoms with Crippen LogP contribution in [-0.2, 0) is 24.9 Å². The van der Waals surface area contributed by atoms with Gasteiger partial charge in [0.1, 0.15) is 36.0 Å². The predicted octanol–water partition coefficient (Wildman–Crippen LogP) is 3.17. The first kappa shape index (κ1) is 33.1. The molecule has 8 rings (SSSR count). The Balaban J connectivity index is 1.17. The fourth-order valence-corrected chi connectivity index (χ4v) is 10.4. The third-order valence-corrected chi connectivity index (χ3v) is 12.8. The number of ether oxygens (including phenoxy) is 1. The minimum atomic E-state index is -0.894. The molecule has 16 heteroatoms. The molecule has 3 aromatic rings. The molecule has 3 fully saturated rings. The summed E-state index contributed by atoms with van der Waals surface area (Å²) in [7, 11) is 3.32. The van der Waals surface area contributed by atoms with Crippen LogP contribution in [0, 0.1) is 22.7 Å². The number of hydrogen-bond acceptors (Lipinski definition) is 11. The summed E-state index contributed by atoms with van der Waals surface area (Å²) >= 11 is 8.43. The normalized spacial score (nSPS) is 23.8. The highest BCUT2D eigenvalue weighted by Gasteiger charge is 2.52. The second kappa shape index (κ2) is 12.3. The van der Waals surface area contributed by atoms with E-state index in [9.17, 15) is 19.7 Å². The number of amides is 1. The van der Waals surface area contributed by atoms with Gasteiger partial charge in [0.2, 0.25) is 5.00 Å². The van der Waals surface area contributed by atoms with Gasteiger partial charge >= 0.3 is 6.01 Å². The Morgan fingerprint density at radius 1 is 1.10 bits per heavy atom. The van der Waals surface area contributed by atoms with E-state index in [1.54, 1.807) is 30.1 Å². The number of quaternary nitrogens is 1. The molecule has 0 bridgehead atoms. The second-order valence-corrected chi connectivity index (χ2v) is 16.2. The van der Waals surface area contributed by atoms with Crippen molar-refractivity contribution in [2.75, 3.05) is 63.2 Å². The third-order valence-electron chi connectivity index (χ3n) is 11.3. The van der Waals surface area contributed by atoms with E-state index < -0.39 is 11.7 Å². The van der Waals surface area contributed by atoms with Gasteiger partial charge in [-0.05, 0) is 50.6 Å². The van der Waals surface area contributed by atoms with Crippen molar-refractivity contribution in [2.24, 2.45) is 0 Å². The van der Waals surface area contributed by atoms with Crippen molar-refractivity contribution in [2.45, 2.75) is 75.2 Å². The highest BCUT2D eigenvalue weighted by molar-refractivity contribution is 7.15. The summed E-state index contributed by atoms with van der Waals surface area (Å²) < 4.78 is 22.8. The van der Waals surface area contributed by atoms with Crippen LogP contribution in [0.4, 0.5) is 21.0 Å². The maximum Gasteiger partial charge on any atom is 0.320 e. The quantitative estimate of drug-likeness (QED) is 0.401. The van der Waals surface area contributed by atoms with Crippen LogP contribution in [0.15, 0.2) is 0 Å². The van der Waals surface area contributed by atoms with E-state index in [2.05, 4.69) is 32.8 Å². The summed E-state index contributed by atoms with van der Waals surface area (Å²) in [5, 5.41) is 26.4. The molecule has 50 heavy (non-hydrogen) atoms. The van der Waals surface area contributed by atoms with Crippen LogP contribution in [0.3, 0.4) is 0 Å². The first-order valence-corrected chi connectivity index (χ1v) is 18.4. The summed E-state index contributed by atoms with van der Waals surface area (Å²) in [6.07, 6.45) is 4.94. The van der Waals surface area contributed by atoms with Gasteiger partial charge in [0, 0.05) is 63.5 Å². The lowest BCUT2D eigenvalue weighted by Gasteiger charge is -2.53. The fourth-order valence-electron chi connectivity index (χ4n) is 8.95. The Labute approximate surface area is 299 Å². The number of hydrogen-bond donors (Lipinski definition) is 1. The largest absolute Gasteiger partial charge is 0.461 e. The van der Waals surface area contributed by atoms with Crippen molar-refractivity contribution in [3.8, 4) is 18.1 Å². The van der Waals surface area contributed by atoms with Gasteiger partial charge in [-0.15, -0.1) is 0 Å². The van der Waals surface area contributed by atoms with Crippen LogP contribution >= 0.6 is 22.9 Å². The van der Waals surface area contributed by atoms with Crippen molar-refractivity contribution in [3.05, 3.63) is 38.0 Å². The number of alkyl halides is 1. The molecule has 1 amide bonds. The SMILES string of the molecule is CN(C)C(=O)c1nn2c(c1Cl)CN(c1nc(OC[C@@]34CCCN3C[C@H](F)C4)nc(N3CC4(CCCc5sc([NH3+])c(C#N)c54)C3)c1C#N)CCC2. The van der Waals surface area contributed by atoms with Crippen LogP contribution in [0.25, 0.3) is 0 Å². The topological polar surface area (TPSA) is 158 Å². The molecule has 4 aliphatic heterocycles. The van der Waals surface area contributed by atoms with Gasteiger partial charge in [-0.25, -0.2) is 4.39 Å². The Hall–Kier alpha value is -4.02. The lowest BCUT2D eigenvalue weighted by Crippen LogP contribution is -2.61. The number of rotatable bonds is 6.